The van der Waals surface area contributed by atoms with Crippen LogP contribution in [0.25, 0.3) is 0 Å². The Morgan fingerprint density at radius 1 is 1.00 bits per heavy atom. The van der Waals surface area contributed by atoms with Gasteiger partial charge in [-0.05, 0) is 37.0 Å². The number of rotatable bonds is 10. The van der Waals surface area contributed by atoms with E-state index in [0.29, 0.717) is 0 Å². The third-order valence-corrected chi connectivity index (χ3v) is 4.35. The van der Waals surface area contributed by atoms with Crippen molar-refractivity contribution >= 4 is 0 Å². The van der Waals surface area contributed by atoms with Crippen molar-refractivity contribution in [2.75, 3.05) is 0 Å². The lowest BCUT2D eigenvalue weighted by Crippen LogP contribution is -2.07. The van der Waals surface area contributed by atoms with Crippen LogP contribution in [0.1, 0.15) is 72.4 Å². The maximum atomic E-state index is 4.21. The Morgan fingerprint density at radius 3 is 2.40 bits per heavy atom. The molecule has 0 aliphatic heterocycles. The second-order valence-corrected chi connectivity index (χ2v) is 6.95. The van der Waals surface area contributed by atoms with E-state index >= 15 is 0 Å². The lowest BCUT2D eigenvalue weighted by Gasteiger charge is -2.14. The van der Waals surface area contributed by atoms with E-state index in [1.54, 1.807) is 0 Å². The molecule has 116 valence electrons. The molecular weight excluding hydrogens is 246 g/mol. The van der Waals surface area contributed by atoms with Crippen molar-refractivity contribution in [1.29, 1.82) is 0 Å². The number of hydrogen-bond acceptors (Lipinski definition) is 2. The molecule has 1 rings (SSSR count). The SMILES string of the molecule is CC(C)CCn1nncc1CCCCCC(C)C(C)C. The Labute approximate surface area is 125 Å². The van der Waals surface area contributed by atoms with Gasteiger partial charge in [0, 0.05) is 6.54 Å². The molecule has 1 aromatic rings. The summed E-state index contributed by atoms with van der Waals surface area (Å²) < 4.78 is 2.09. The first kappa shape index (κ1) is 17.2. The summed E-state index contributed by atoms with van der Waals surface area (Å²) in [6, 6.07) is 0. The highest BCUT2D eigenvalue weighted by molar-refractivity contribution is 4.93. The van der Waals surface area contributed by atoms with E-state index < -0.39 is 0 Å². The van der Waals surface area contributed by atoms with E-state index in [2.05, 4.69) is 49.6 Å². The maximum absolute atomic E-state index is 4.21. The van der Waals surface area contributed by atoms with Crippen LogP contribution in [0.3, 0.4) is 0 Å². The summed E-state index contributed by atoms with van der Waals surface area (Å²) in [5.74, 6) is 2.40. The molecule has 3 nitrogen and oxygen atoms in total. The number of hydrogen-bond donors (Lipinski definition) is 0. The van der Waals surface area contributed by atoms with Gasteiger partial charge in [-0.1, -0.05) is 59.1 Å². The smallest absolute Gasteiger partial charge is 0.0725 e. The Balaban J connectivity index is 2.20. The molecule has 0 N–H and O–H groups in total. The van der Waals surface area contributed by atoms with Gasteiger partial charge in [-0.3, -0.25) is 0 Å². The molecule has 0 aromatic carbocycles. The standard InChI is InChI=1S/C17H33N3/c1-14(2)11-12-20-17(13-18-19-20)10-8-6-7-9-16(5)15(3)4/h13-16H,6-12H2,1-5H3. The van der Waals surface area contributed by atoms with Crippen molar-refractivity contribution in [3.8, 4) is 0 Å². The van der Waals surface area contributed by atoms with Gasteiger partial charge in [0.2, 0.25) is 0 Å². The van der Waals surface area contributed by atoms with Gasteiger partial charge in [0.15, 0.2) is 0 Å². The largest absolute Gasteiger partial charge is 0.249 e. The summed E-state index contributed by atoms with van der Waals surface area (Å²) >= 11 is 0. The van der Waals surface area contributed by atoms with Crippen LogP contribution in [0.4, 0.5) is 0 Å². The summed E-state index contributed by atoms with van der Waals surface area (Å²) in [5.41, 5.74) is 1.31. The minimum absolute atomic E-state index is 0.726. The molecule has 0 saturated carbocycles. The monoisotopic (exact) mass is 279 g/mol. The zero-order chi connectivity index (χ0) is 15.0. The van der Waals surface area contributed by atoms with E-state index in [9.17, 15) is 0 Å². The lowest BCUT2D eigenvalue weighted by atomic mass is 9.92. The third kappa shape index (κ3) is 6.53. The fourth-order valence-corrected chi connectivity index (χ4v) is 2.32. The first-order valence-corrected chi connectivity index (χ1v) is 8.38. The highest BCUT2D eigenvalue weighted by Gasteiger charge is 2.07. The van der Waals surface area contributed by atoms with Crippen LogP contribution in [-0.4, -0.2) is 15.0 Å². The van der Waals surface area contributed by atoms with Crippen LogP contribution in [0.2, 0.25) is 0 Å². The third-order valence-electron chi connectivity index (χ3n) is 4.35. The summed E-state index contributed by atoms with van der Waals surface area (Å²) in [4.78, 5) is 0. The Morgan fingerprint density at radius 2 is 1.75 bits per heavy atom. The summed E-state index contributed by atoms with van der Waals surface area (Å²) in [6.45, 7) is 12.5. The minimum Gasteiger partial charge on any atom is -0.249 e. The van der Waals surface area contributed by atoms with Gasteiger partial charge in [0.1, 0.15) is 0 Å². The Kier molecular flexibility index (Phi) is 7.86. The van der Waals surface area contributed by atoms with Crippen LogP contribution in [0.5, 0.6) is 0 Å². The van der Waals surface area contributed by atoms with E-state index in [1.807, 2.05) is 6.20 Å². The second-order valence-electron chi connectivity index (χ2n) is 6.95. The van der Waals surface area contributed by atoms with Crippen molar-refractivity contribution in [2.45, 2.75) is 79.7 Å². The first-order valence-electron chi connectivity index (χ1n) is 8.38. The molecule has 1 aromatic heterocycles. The number of aromatic nitrogens is 3. The Bertz CT molecular complexity index is 355. The van der Waals surface area contributed by atoms with Gasteiger partial charge >= 0.3 is 0 Å². The minimum atomic E-state index is 0.726. The molecular formula is C17H33N3. The topological polar surface area (TPSA) is 30.7 Å². The number of unbranched alkanes of at least 4 members (excludes halogenated alkanes) is 2. The molecule has 0 saturated heterocycles. The van der Waals surface area contributed by atoms with E-state index in [4.69, 9.17) is 0 Å². The van der Waals surface area contributed by atoms with Crippen LogP contribution >= 0.6 is 0 Å². The molecule has 1 atom stereocenters. The Hall–Kier alpha value is -0.860. The number of aryl methyl sites for hydroxylation is 2. The van der Waals surface area contributed by atoms with Crippen molar-refractivity contribution in [2.24, 2.45) is 17.8 Å². The second kappa shape index (κ2) is 9.15. The summed E-state index contributed by atoms with van der Waals surface area (Å²) in [5, 5.41) is 8.27. The van der Waals surface area contributed by atoms with Crippen LogP contribution in [0, 0.1) is 17.8 Å². The molecule has 0 amide bonds. The van der Waals surface area contributed by atoms with Crippen molar-refractivity contribution in [3.63, 3.8) is 0 Å². The van der Waals surface area contributed by atoms with Gasteiger partial charge < -0.3 is 0 Å². The van der Waals surface area contributed by atoms with Crippen molar-refractivity contribution in [3.05, 3.63) is 11.9 Å². The van der Waals surface area contributed by atoms with Gasteiger partial charge in [-0.15, -0.1) is 5.10 Å². The average molecular weight is 279 g/mol. The fourth-order valence-electron chi connectivity index (χ4n) is 2.32. The maximum Gasteiger partial charge on any atom is 0.0725 e. The van der Waals surface area contributed by atoms with Gasteiger partial charge in [0.05, 0.1) is 11.9 Å². The average Bonchev–Trinajstić information content (AvgIpc) is 2.83. The first-order chi connectivity index (χ1) is 9.50. The van der Waals surface area contributed by atoms with Gasteiger partial charge in [0.25, 0.3) is 0 Å². The van der Waals surface area contributed by atoms with E-state index in [0.717, 1.165) is 30.7 Å². The quantitative estimate of drug-likeness (QED) is 0.580. The summed E-state index contributed by atoms with van der Waals surface area (Å²) in [7, 11) is 0. The number of nitrogens with zero attached hydrogens (tertiary/aromatic N) is 3. The lowest BCUT2D eigenvalue weighted by molar-refractivity contribution is 0.375. The summed E-state index contributed by atoms with van der Waals surface area (Å²) in [6.07, 6.45) is 9.56. The van der Waals surface area contributed by atoms with E-state index in [1.165, 1.54) is 37.8 Å². The van der Waals surface area contributed by atoms with E-state index in [-0.39, 0.29) is 0 Å². The molecule has 0 radical (unpaired) electrons. The predicted octanol–water partition coefficient (Wildman–Crippen LogP) is 4.72. The molecule has 0 aliphatic carbocycles. The molecule has 0 fully saturated rings. The van der Waals surface area contributed by atoms with Crippen LogP contribution in [-0.2, 0) is 13.0 Å². The highest BCUT2D eigenvalue weighted by atomic mass is 15.4. The molecule has 0 bridgehead atoms. The predicted molar refractivity (Wildman–Crippen MR) is 85.7 cm³/mol. The zero-order valence-electron chi connectivity index (χ0n) is 14.1. The zero-order valence-corrected chi connectivity index (χ0v) is 14.1. The van der Waals surface area contributed by atoms with Gasteiger partial charge in [-0.2, -0.15) is 0 Å². The molecule has 1 unspecified atom stereocenters. The van der Waals surface area contributed by atoms with Gasteiger partial charge in [-0.25, -0.2) is 4.68 Å². The van der Waals surface area contributed by atoms with Crippen molar-refractivity contribution < 1.29 is 0 Å². The van der Waals surface area contributed by atoms with Crippen LogP contribution in [0.15, 0.2) is 6.20 Å². The van der Waals surface area contributed by atoms with Crippen molar-refractivity contribution in [1.82, 2.24) is 15.0 Å². The normalized spacial score (nSPS) is 13.3. The fraction of sp³-hybridized carbons (Fsp3) is 0.882. The molecule has 20 heavy (non-hydrogen) atoms. The molecule has 1 heterocycles. The molecule has 0 aliphatic rings. The molecule has 0 spiro atoms. The highest BCUT2D eigenvalue weighted by Crippen LogP contribution is 2.18. The molecule has 3 heteroatoms. The van der Waals surface area contributed by atoms with Crippen LogP contribution < -0.4 is 0 Å².